The minimum atomic E-state index is -0.573. The van der Waals surface area contributed by atoms with Gasteiger partial charge in [-0.2, -0.15) is 0 Å². The predicted octanol–water partition coefficient (Wildman–Crippen LogP) is 3.21. The molecule has 0 bridgehead atoms. The van der Waals surface area contributed by atoms with Crippen molar-refractivity contribution >= 4 is 22.6 Å². The fourth-order valence-electron chi connectivity index (χ4n) is 3.58. The number of rotatable bonds is 6. The second-order valence-electron chi connectivity index (χ2n) is 7.45. The number of fused-ring (bicyclic) bond motifs is 1. The number of para-hydroxylation sites is 1. The fourth-order valence-corrected chi connectivity index (χ4v) is 3.58. The number of primary amides is 1. The maximum atomic E-state index is 11.2. The Hall–Kier alpha value is -4.07. The number of nitrogens with one attached hydrogen (secondary N) is 1. The lowest BCUT2D eigenvalue weighted by Gasteiger charge is -2.36. The fraction of sp³-hybridized carbons (Fsp3) is 0.174. The van der Waals surface area contributed by atoms with Gasteiger partial charge in [-0.15, -0.1) is 0 Å². The van der Waals surface area contributed by atoms with Crippen LogP contribution in [0.5, 0.6) is 5.88 Å². The molecule has 0 unspecified atom stereocenters. The minimum Gasteiger partial charge on any atom is -0.473 e. The molecule has 5 rings (SSSR count). The third kappa shape index (κ3) is 4.00. The number of carbonyl (C=O) groups excluding carboxylic acids is 1. The molecule has 31 heavy (non-hydrogen) atoms. The van der Waals surface area contributed by atoms with Crippen molar-refractivity contribution in [2.24, 2.45) is 5.73 Å². The second kappa shape index (κ2) is 7.98. The first kappa shape index (κ1) is 18.9. The summed E-state index contributed by atoms with van der Waals surface area (Å²) in [6.07, 6.45) is 6.45. The molecular formula is C23H20N6O2. The normalized spacial score (nSPS) is 17.7. The van der Waals surface area contributed by atoms with Crippen LogP contribution in [-0.4, -0.2) is 38.0 Å². The summed E-state index contributed by atoms with van der Waals surface area (Å²) >= 11 is 0. The first-order valence-corrected chi connectivity index (χ1v) is 10.0. The quantitative estimate of drug-likeness (QED) is 0.499. The maximum Gasteiger partial charge on any atom is 0.267 e. The van der Waals surface area contributed by atoms with Gasteiger partial charge in [-0.05, 0) is 30.3 Å². The summed E-state index contributed by atoms with van der Waals surface area (Å²) in [6.45, 7) is 0. The van der Waals surface area contributed by atoms with Gasteiger partial charge in [-0.25, -0.2) is 15.0 Å². The molecule has 1 aromatic carbocycles. The Kier molecular flexibility index (Phi) is 4.87. The van der Waals surface area contributed by atoms with Crippen molar-refractivity contribution in [3.8, 4) is 17.1 Å². The maximum absolute atomic E-state index is 11.2. The van der Waals surface area contributed by atoms with Gasteiger partial charge in [0.1, 0.15) is 23.3 Å². The zero-order valence-corrected chi connectivity index (χ0v) is 16.6. The van der Waals surface area contributed by atoms with Crippen molar-refractivity contribution in [1.29, 1.82) is 0 Å². The molecular weight excluding hydrogens is 392 g/mol. The smallest absolute Gasteiger partial charge is 0.267 e. The van der Waals surface area contributed by atoms with E-state index in [-0.39, 0.29) is 17.8 Å². The van der Waals surface area contributed by atoms with Crippen molar-refractivity contribution in [1.82, 2.24) is 19.9 Å². The number of amides is 1. The lowest BCUT2D eigenvalue weighted by atomic mass is 9.89. The van der Waals surface area contributed by atoms with Crippen LogP contribution < -0.4 is 15.8 Å². The Labute approximate surface area is 178 Å². The molecule has 3 heterocycles. The Balaban J connectivity index is 1.23. The van der Waals surface area contributed by atoms with Crippen LogP contribution in [0.15, 0.2) is 67.1 Å². The lowest BCUT2D eigenvalue weighted by Crippen LogP contribution is -2.42. The molecule has 8 heteroatoms. The monoisotopic (exact) mass is 412 g/mol. The molecule has 1 fully saturated rings. The molecule has 1 aliphatic rings. The number of nitrogens with two attached hydrogens (primary N) is 1. The largest absolute Gasteiger partial charge is 0.473 e. The van der Waals surface area contributed by atoms with Gasteiger partial charge >= 0.3 is 0 Å². The molecule has 154 valence electrons. The number of anilines is 1. The van der Waals surface area contributed by atoms with Crippen LogP contribution in [0.25, 0.3) is 22.2 Å². The van der Waals surface area contributed by atoms with Gasteiger partial charge in [0, 0.05) is 48.4 Å². The number of nitrogens with zero attached hydrogens (tertiary/aromatic N) is 4. The molecule has 1 saturated carbocycles. The summed E-state index contributed by atoms with van der Waals surface area (Å²) in [4.78, 5) is 28.7. The van der Waals surface area contributed by atoms with E-state index in [0.717, 1.165) is 29.6 Å². The Morgan fingerprint density at radius 2 is 1.84 bits per heavy atom. The summed E-state index contributed by atoms with van der Waals surface area (Å²) in [5.41, 5.74) is 7.72. The van der Waals surface area contributed by atoms with E-state index in [4.69, 9.17) is 10.5 Å². The standard InChI is InChI=1S/C23H20N6O2/c24-22(30)19-7-5-15(13-27-19)21-23(26-10-9-25-21)31-17-11-16(12-17)28-20-8-6-14-3-1-2-4-18(14)29-20/h1-10,13,16-17H,11-12H2,(H2,24,30)(H,28,29)/t16-,17+. The summed E-state index contributed by atoms with van der Waals surface area (Å²) in [5.74, 6) is 0.738. The third-order valence-electron chi connectivity index (χ3n) is 5.28. The van der Waals surface area contributed by atoms with Crippen LogP contribution in [-0.2, 0) is 0 Å². The highest BCUT2D eigenvalue weighted by atomic mass is 16.5. The van der Waals surface area contributed by atoms with Gasteiger partial charge in [0.25, 0.3) is 5.91 Å². The highest BCUT2D eigenvalue weighted by Gasteiger charge is 2.32. The number of aromatic nitrogens is 4. The van der Waals surface area contributed by atoms with Crippen LogP contribution in [0.1, 0.15) is 23.3 Å². The Morgan fingerprint density at radius 1 is 1.00 bits per heavy atom. The van der Waals surface area contributed by atoms with E-state index < -0.39 is 5.91 Å². The first-order valence-electron chi connectivity index (χ1n) is 10.0. The van der Waals surface area contributed by atoms with Crippen LogP contribution in [0.4, 0.5) is 5.82 Å². The first-order chi connectivity index (χ1) is 15.2. The van der Waals surface area contributed by atoms with Crippen LogP contribution in [0.2, 0.25) is 0 Å². The molecule has 0 saturated heterocycles. The molecule has 1 aliphatic carbocycles. The Morgan fingerprint density at radius 3 is 2.65 bits per heavy atom. The van der Waals surface area contributed by atoms with Crippen molar-refractivity contribution in [2.45, 2.75) is 25.0 Å². The zero-order valence-electron chi connectivity index (χ0n) is 16.6. The average Bonchev–Trinajstić information content (AvgIpc) is 2.78. The zero-order chi connectivity index (χ0) is 21.2. The van der Waals surface area contributed by atoms with E-state index in [1.807, 2.05) is 24.3 Å². The summed E-state index contributed by atoms with van der Waals surface area (Å²) in [5, 5.41) is 4.59. The van der Waals surface area contributed by atoms with E-state index in [1.165, 1.54) is 0 Å². The van der Waals surface area contributed by atoms with Crippen molar-refractivity contribution in [3.05, 3.63) is 72.8 Å². The molecule has 3 N–H and O–H groups in total. The highest BCUT2D eigenvalue weighted by Crippen LogP contribution is 2.32. The topological polar surface area (TPSA) is 116 Å². The van der Waals surface area contributed by atoms with E-state index in [9.17, 15) is 4.79 Å². The van der Waals surface area contributed by atoms with Gasteiger partial charge in [-0.3, -0.25) is 9.78 Å². The van der Waals surface area contributed by atoms with Gasteiger partial charge in [0.2, 0.25) is 5.88 Å². The van der Waals surface area contributed by atoms with Gasteiger partial charge in [0.05, 0.1) is 5.52 Å². The van der Waals surface area contributed by atoms with Gasteiger partial charge < -0.3 is 15.8 Å². The van der Waals surface area contributed by atoms with E-state index in [1.54, 1.807) is 30.7 Å². The number of ether oxygens (including phenoxy) is 1. The van der Waals surface area contributed by atoms with Crippen molar-refractivity contribution < 1.29 is 9.53 Å². The van der Waals surface area contributed by atoms with Crippen molar-refractivity contribution in [2.75, 3.05) is 5.32 Å². The summed E-state index contributed by atoms with van der Waals surface area (Å²) in [7, 11) is 0. The van der Waals surface area contributed by atoms with Crippen molar-refractivity contribution in [3.63, 3.8) is 0 Å². The number of benzene rings is 1. The lowest BCUT2D eigenvalue weighted by molar-refractivity contribution is 0.0995. The number of pyridine rings is 2. The van der Waals surface area contributed by atoms with Gasteiger partial charge in [-0.1, -0.05) is 18.2 Å². The second-order valence-corrected chi connectivity index (χ2v) is 7.45. The van der Waals surface area contributed by atoms with E-state index >= 15 is 0 Å². The molecule has 3 aromatic heterocycles. The minimum absolute atomic E-state index is 0.0336. The van der Waals surface area contributed by atoms with Gasteiger partial charge in [0.15, 0.2) is 0 Å². The number of hydrogen-bond donors (Lipinski definition) is 2. The molecule has 4 aromatic rings. The van der Waals surface area contributed by atoms with E-state index in [2.05, 4.69) is 37.4 Å². The Bertz CT molecular complexity index is 1240. The molecule has 0 atom stereocenters. The predicted molar refractivity (Wildman–Crippen MR) is 117 cm³/mol. The third-order valence-corrected chi connectivity index (χ3v) is 5.28. The SMILES string of the molecule is NC(=O)c1ccc(-c2nccnc2O[C@H]2C[C@@H](Nc3ccc4ccccc4n3)C2)cn1. The molecule has 8 nitrogen and oxygen atoms in total. The molecule has 0 radical (unpaired) electrons. The van der Waals surface area contributed by atoms with Crippen LogP contribution in [0, 0.1) is 0 Å². The highest BCUT2D eigenvalue weighted by molar-refractivity contribution is 5.91. The van der Waals surface area contributed by atoms with E-state index in [0.29, 0.717) is 17.1 Å². The number of hydrogen-bond acceptors (Lipinski definition) is 7. The molecule has 1 amide bonds. The van der Waals surface area contributed by atoms with Crippen LogP contribution in [0.3, 0.4) is 0 Å². The molecule has 0 spiro atoms. The van der Waals surface area contributed by atoms with Crippen LogP contribution >= 0.6 is 0 Å². The summed E-state index contributed by atoms with van der Waals surface area (Å²) < 4.78 is 6.10. The summed E-state index contributed by atoms with van der Waals surface area (Å²) in [6, 6.07) is 15.7. The molecule has 0 aliphatic heterocycles. The average molecular weight is 412 g/mol. The number of carbonyl (C=O) groups is 1.